The van der Waals surface area contributed by atoms with E-state index < -0.39 is 5.56 Å². The molecule has 1 heterocycles. The molecule has 0 saturated carbocycles. The van der Waals surface area contributed by atoms with Crippen LogP contribution < -0.4 is 11.3 Å². The van der Waals surface area contributed by atoms with Gasteiger partial charge in [0, 0.05) is 29.0 Å². The zero-order chi connectivity index (χ0) is 14.5. The summed E-state index contributed by atoms with van der Waals surface area (Å²) in [5.74, 6) is 0.840. The summed E-state index contributed by atoms with van der Waals surface area (Å²) in [6.07, 6.45) is 0.371. The first-order valence-corrected chi connectivity index (χ1v) is 7.13. The summed E-state index contributed by atoms with van der Waals surface area (Å²) in [4.78, 5) is 15.4. The van der Waals surface area contributed by atoms with Crippen molar-refractivity contribution in [3.63, 3.8) is 0 Å². The third-order valence-electron chi connectivity index (χ3n) is 2.46. The van der Waals surface area contributed by atoms with Gasteiger partial charge in [0.15, 0.2) is 5.16 Å². The van der Waals surface area contributed by atoms with E-state index in [9.17, 15) is 4.79 Å². The maximum atomic E-state index is 11.5. The first kappa shape index (κ1) is 14.4. The molecular formula is C13H11ClN4OS. The number of nitriles is 1. The lowest BCUT2D eigenvalue weighted by atomic mass is 10.3. The highest BCUT2D eigenvalue weighted by Crippen LogP contribution is 2.23. The number of nitrogens with zero attached hydrogens (tertiary/aromatic N) is 3. The van der Waals surface area contributed by atoms with Gasteiger partial charge in [-0.15, -0.1) is 0 Å². The molecule has 0 atom stereocenters. The molecule has 1 aromatic heterocycles. The van der Waals surface area contributed by atoms with Gasteiger partial charge in [0.1, 0.15) is 5.82 Å². The first-order chi connectivity index (χ1) is 9.61. The van der Waals surface area contributed by atoms with Gasteiger partial charge >= 0.3 is 0 Å². The molecule has 0 aliphatic carbocycles. The normalized spacial score (nSPS) is 10.2. The average molecular weight is 307 g/mol. The Morgan fingerprint density at radius 3 is 2.75 bits per heavy atom. The van der Waals surface area contributed by atoms with Crippen LogP contribution >= 0.6 is 23.4 Å². The number of hydrogen-bond acceptors (Lipinski definition) is 5. The molecule has 0 aliphatic heterocycles. The Morgan fingerprint density at radius 1 is 1.40 bits per heavy atom. The number of rotatable bonds is 4. The van der Waals surface area contributed by atoms with Gasteiger partial charge in [-0.3, -0.25) is 9.36 Å². The number of nitrogens with two attached hydrogens (primary N) is 1. The number of nitrogen functional groups attached to an aromatic ring is 1. The Kier molecular flexibility index (Phi) is 4.66. The molecule has 102 valence electrons. The second-order valence-corrected chi connectivity index (χ2v) is 5.37. The monoisotopic (exact) mass is 306 g/mol. The van der Waals surface area contributed by atoms with E-state index in [0.717, 1.165) is 5.69 Å². The van der Waals surface area contributed by atoms with Crippen LogP contribution in [0.25, 0.3) is 5.69 Å². The molecule has 5 nitrogen and oxygen atoms in total. The summed E-state index contributed by atoms with van der Waals surface area (Å²) in [5, 5.41) is 9.66. The van der Waals surface area contributed by atoms with Crippen LogP contribution in [0, 0.1) is 11.3 Å². The van der Waals surface area contributed by atoms with Gasteiger partial charge in [-0.25, -0.2) is 0 Å². The Labute approximate surface area is 125 Å². The zero-order valence-electron chi connectivity index (χ0n) is 10.4. The van der Waals surface area contributed by atoms with Crippen LogP contribution in [0.3, 0.4) is 0 Å². The van der Waals surface area contributed by atoms with Crippen LogP contribution in [0.5, 0.6) is 0 Å². The third-order valence-corrected chi connectivity index (χ3v) is 3.65. The van der Waals surface area contributed by atoms with E-state index in [1.165, 1.54) is 17.8 Å². The predicted octanol–water partition coefficient (Wildman–Crippen LogP) is 2.47. The van der Waals surface area contributed by atoms with Gasteiger partial charge in [0.25, 0.3) is 5.56 Å². The van der Waals surface area contributed by atoms with E-state index in [1.54, 1.807) is 28.8 Å². The lowest BCUT2D eigenvalue weighted by Crippen LogP contribution is -2.16. The lowest BCUT2D eigenvalue weighted by molar-refractivity contribution is 0.823. The molecule has 0 fully saturated rings. The molecule has 0 spiro atoms. The van der Waals surface area contributed by atoms with Gasteiger partial charge < -0.3 is 5.73 Å². The van der Waals surface area contributed by atoms with Gasteiger partial charge in [-0.05, 0) is 24.3 Å². The number of benzene rings is 1. The van der Waals surface area contributed by atoms with Crippen LogP contribution in [0.1, 0.15) is 6.42 Å². The minimum Gasteiger partial charge on any atom is -0.385 e. The third kappa shape index (κ3) is 3.32. The molecule has 2 rings (SSSR count). The van der Waals surface area contributed by atoms with E-state index >= 15 is 0 Å². The second-order valence-electron chi connectivity index (χ2n) is 3.87. The van der Waals surface area contributed by atoms with Crippen molar-refractivity contribution in [3.05, 3.63) is 45.7 Å². The topological polar surface area (TPSA) is 84.7 Å². The Morgan fingerprint density at radius 2 is 2.10 bits per heavy atom. The van der Waals surface area contributed by atoms with E-state index in [2.05, 4.69) is 4.98 Å². The highest BCUT2D eigenvalue weighted by molar-refractivity contribution is 7.99. The van der Waals surface area contributed by atoms with Crippen LogP contribution in [-0.2, 0) is 0 Å². The van der Waals surface area contributed by atoms with Crippen LogP contribution in [0.4, 0.5) is 5.82 Å². The van der Waals surface area contributed by atoms with E-state index in [-0.39, 0.29) is 0 Å². The van der Waals surface area contributed by atoms with Crippen molar-refractivity contribution >= 4 is 29.2 Å². The van der Waals surface area contributed by atoms with Crippen molar-refractivity contribution in [3.8, 4) is 11.8 Å². The van der Waals surface area contributed by atoms with Crippen LogP contribution in [-0.4, -0.2) is 15.3 Å². The summed E-state index contributed by atoms with van der Waals surface area (Å²) in [7, 11) is 0. The fourth-order valence-electron chi connectivity index (χ4n) is 1.61. The first-order valence-electron chi connectivity index (χ1n) is 5.77. The highest BCUT2D eigenvalue weighted by Gasteiger charge is 2.10. The quantitative estimate of drug-likeness (QED) is 0.533. The van der Waals surface area contributed by atoms with Crippen molar-refractivity contribution in [1.82, 2.24) is 9.55 Å². The number of thioether (sulfide) groups is 1. The van der Waals surface area contributed by atoms with Crippen molar-refractivity contribution < 1.29 is 0 Å². The molecule has 7 heteroatoms. The molecule has 0 aliphatic rings. The molecule has 0 saturated heterocycles. The van der Waals surface area contributed by atoms with Gasteiger partial charge in [0.05, 0.1) is 6.07 Å². The number of hydrogen-bond donors (Lipinski definition) is 1. The van der Waals surface area contributed by atoms with Crippen molar-refractivity contribution in [1.29, 1.82) is 5.26 Å². The van der Waals surface area contributed by atoms with Crippen LogP contribution in [0.15, 0.2) is 40.3 Å². The minimum atomic E-state index is -0.396. The molecule has 20 heavy (non-hydrogen) atoms. The molecule has 0 unspecified atom stereocenters. The molecule has 0 bridgehead atoms. The smallest absolute Gasteiger partial charge is 0.275 e. The molecule has 0 radical (unpaired) electrons. The fraction of sp³-hybridized carbons (Fsp3) is 0.154. The molecule has 1 aromatic carbocycles. The number of halogens is 1. The molecule has 2 aromatic rings. The minimum absolute atomic E-state index is 0.298. The average Bonchev–Trinajstić information content (AvgIpc) is 2.40. The summed E-state index contributed by atoms with van der Waals surface area (Å²) < 4.78 is 1.67. The van der Waals surface area contributed by atoms with Crippen molar-refractivity contribution in [2.75, 3.05) is 11.5 Å². The van der Waals surface area contributed by atoms with Gasteiger partial charge in [0.2, 0.25) is 0 Å². The molecular weight excluding hydrogens is 296 g/mol. The SMILES string of the molecule is N#CCCSc1nc(=O)cc(N)n1-c1ccc(Cl)cc1. The number of anilines is 1. The summed E-state index contributed by atoms with van der Waals surface area (Å²) in [5.41, 5.74) is 6.27. The second kappa shape index (κ2) is 6.46. The zero-order valence-corrected chi connectivity index (χ0v) is 12.0. The fourth-order valence-corrected chi connectivity index (χ4v) is 2.61. The highest BCUT2D eigenvalue weighted by atomic mass is 35.5. The Bertz CT molecular complexity index is 706. The van der Waals surface area contributed by atoms with Crippen molar-refractivity contribution in [2.24, 2.45) is 0 Å². The Balaban J connectivity index is 2.47. The van der Waals surface area contributed by atoms with E-state index in [0.29, 0.717) is 28.2 Å². The maximum absolute atomic E-state index is 11.5. The van der Waals surface area contributed by atoms with Crippen molar-refractivity contribution in [2.45, 2.75) is 11.6 Å². The standard InChI is InChI=1S/C13H11ClN4OS/c14-9-2-4-10(5-3-9)18-11(16)8-12(19)17-13(18)20-7-1-6-15/h2-5,8H,1,7,16H2. The summed E-state index contributed by atoms with van der Waals surface area (Å²) in [6.45, 7) is 0. The van der Waals surface area contributed by atoms with Gasteiger partial charge in [-0.2, -0.15) is 10.2 Å². The largest absolute Gasteiger partial charge is 0.385 e. The van der Waals surface area contributed by atoms with E-state index in [1.807, 2.05) is 6.07 Å². The van der Waals surface area contributed by atoms with Gasteiger partial charge in [-0.1, -0.05) is 23.4 Å². The lowest BCUT2D eigenvalue weighted by Gasteiger charge is -2.14. The van der Waals surface area contributed by atoms with Crippen LogP contribution in [0.2, 0.25) is 5.02 Å². The summed E-state index contributed by atoms with van der Waals surface area (Å²) in [6, 6.07) is 10.4. The Hall–Kier alpha value is -1.97. The maximum Gasteiger partial charge on any atom is 0.275 e. The number of aromatic nitrogens is 2. The molecule has 2 N–H and O–H groups in total. The van der Waals surface area contributed by atoms with E-state index in [4.69, 9.17) is 22.6 Å². The molecule has 0 amide bonds. The predicted molar refractivity (Wildman–Crippen MR) is 80.2 cm³/mol. The summed E-state index contributed by atoms with van der Waals surface area (Å²) >= 11 is 7.17.